The highest BCUT2D eigenvalue weighted by Gasteiger charge is 2.12. The van der Waals surface area contributed by atoms with Crippen LogP contribution in [0.2, 0.25) is 0 Å². The van der Waals surface area contributed by atoms with Gasteiger partial charge in [-0.1, -0.05) is 23.9 Å². The molecule has 3 rings (SSSR count). The van der Waals surface area contributed by atoms with Gasteiger partial charge in [-0.05, 0) is 56.3 Å². The van der Waals surface area contributed by atoms with Gasteiger partial charge in [0, 0.05) is 17.6 Å². The van der Waals surface area contributed by atoms with Gasteiger partial charge in [-0.15, -0.1) is 0 Å². The van der Waals surface area contributed by atoms with Gasteiger partial charge in [0.05, 0.1) is 5.69 Å². The molecule has 0 atom stereocenters. The molecule has 4 heteroatoms. The van der Waals surface area contributed by atoms with Gasteiger partial charge in [0.2, 0.25) is 0 Å². The van der Waals surface area contributed by atoms with E-state index in [-0.39, 0.29) is 0 Å². The SMILES string of the molecule is CNCc1c(Sc2ccc(C)c(C)c2)nc2ccccn12. The number of rotatable bonds is 4. The summed E-state index contributed by atoms with van der Waals surface area (Å²) in [7, 11) is 1.97. The zero-order valence-electron chi connectivity index (χ0n) is 12.6. The van der Waals surface area contributed by atoms with Crippen molar-refractivity contribution in [2.75, 3.05) is 7.05 Å². The van der Waals surface area contributed by atoms with E-state index in [1.807, 2.05) is 25.2 Å². The van der Waals surface area contributed by atoms with E-state index in [4.69, 9.17) is 4.98 Å². The van der Waals surface area contributed by atoms with E-state index < -0.39 is 0 Å². The lowest BCUT2D eigenvalue weighted by atomic mass is 10.1. The van der Waals surface area contributed by atoms with Gasteiger partial charge in [0.1, 0.15) is 10.7 Å². The second-order valence-electron chi connectivity index (χ2n) is 5.17. The van der Waals surface area contributed by atoms with Crippen molar-refractivity contribution in [2.45, 2.75) is 30.3 Å². The Bertz CT molecular complexity index is 777. The standard InChI is InChI=1S/C17H19N3S/c1-12-7-8-14(10-13(12)2)21-17-15(11-18-3)20-9-5-4-6-16(20)19-17/h4-10,18H,11H2,1-3H3. The third-order valence-electron chi connectivity index (χ3n) is 3.63. The molecule has 0 radical (unpaired) electrons. The summed E-state index contributed by atoms with van der Waals surface area (Å²) in [6.45, 7) is 5.09. The highest BCUT2D eigenvalue weighted by Crippen LogP contribution is 2.31. The van der Waals surface area contributed by atoms with E-state index in [0.717, 1.165) is 17.2 Å². The van der Waals surface area contributed by atoms with Crippen LogP contribution in [0.5, 0.6) is 0 Å². The molecule has 2 heterocycles. The van der Waals surface area contributed by atoms with Crippen molar-refractivity contribution in [2.24, 2.45) is 0 Å². The van der Waals surface area contributed by atoms with Gasteiger partial charge >= 0.3 is 0 Å². The summed E-state index contributed by atoms with van der Waals surface area (Å²) in [6, 6.07) is 12.7. The molecule has 21 heavy (non-hydrogen) atoms. The average Bonchev–Trinajstić information content (AvgIpc) is 2.81. The van der Waals surface area contributed by atoms with Crippen LogP contribution >= 0.6 is 11.8 Å². The van der Waals surface area contributed by atoms with E-state index in [1.165, 1.54) is 21.7 Å². The van der Waals surface area contributed by atoms with Crippen molar-refractivity contribution in [3.63, 3.8) is 0 Å². The van der Waals surface area contributed by atoms with E-state index in [1.54, 1.807) is 11.8 Å². The second-order valence-corrected chi connectivity index (χ2v) is 6.23. The number of nitrogens with one attached hydrogen (secondary N) is 1. The maximum absolute atomic E-state index is 4.76. The lowest BCUT2D eigenvalue weighted by Crippen LogP contribution is -2.08. The number of aryl methyl sites for hydroxylation is 2. The van der Waals surface area contributed by atoms with Crippen molar-refractivity contribution in [3.8, 4) is 0 Å². The Kier molecular flexibility index (Phi) is 3.99. The van der Waals surface area contributed by atoms with Crippen LogP contribution in [0.1, 0.15) is 16.8 Å². The predicted octanol–water partition coefficient (Wildman–Crippen LogP) is 3.82. The first-order valence-corrected chi connectivity index (χ1v) is 7.86. The number of fused-ring (bicyclic) bond motifs is 1. The molecular weight excluding hydrogens is 278 g/mol. The fraction of sp³-hybridized carbons (Fsp3) is 0.235. The molecule has 0 amide bonds. The molecule has 0 saturated heterocycles. The van der Waals surface area contributed by atoms with Crippen LogP contribution in [0, 0.1) is 13.8 Å². The number of hydrogen-bond donors (Lipinski definition) is 1. The van der Waals surface area contributed by atoms with Crippen molar-refractivity contribution in [1.82, 2.24) is 14.7 Å². The van der Waals surface area contributed by atoms with Crippen LogP contribution in [0.25, 0.3) is 5.65 Å². The van der Waals surface area contributed by atoms with E-state index in [2.05, 4.69) is 48.0 Å². The molecular formula is C17H19N3S. The number of hydrogen-bond acceptors (Lipinski definition) is 3. The van der Waals surface area contributed by atoms with Gasteiger partial charge in [0.25, 0.3) is 0 Å². The first-order valence-electron chi connectivity index (χ1n) is 7.04. The molecule has 0 fully saturated rings. The Morgan fingerprint density at radius 3 is 2.76 bits per heavy atom. The van der Waals surface area contributed by atoms with Gasteiger partial charge in [0.15, 0.2) is 0 Å². The molecule has 1 aromatic carbocycles. The topological polar surface area (TPSA) is 29.3 Å². The summed E-state index contributed by atoms with van der Waals surface area (Å²) in [5, 5.41) is 4.30. The van der Waals surface area contributed by atoms with Gasteiger partial charge in [-0.2, -0.15) is 0 Å². The Labute approximate surface area is 129 Å². The largest absolute Gasteiger partial charge is 0.314 e. The summed E-state index contributed by atoms with van der Waals surface area (Å²) in [5.41, 5.74) is 4.84. The van der Waals surface area contributed by atoms with Crippen LogP contribution in [0.4, 0.5) is 0 Å². The van der Waals surface area contributed by atoms with Crippen LogP contribution in [0.15, 0.2) is 52.5 Å². The third kappa shape index (κ3) is 2.82. The zero-order chi connectivity index (χ0) is 14.8. The predicted molar refractivity (Wildman–Crippen MR) is 88.0 cm³/mol. The molecule has 0 aliphatic heterocycles. The average molecular weight is 297 g/mol. The van der Waals surface area contributed by atoms with E-state index in [0.29, 0.717) is 0 Å². The summed E-state index contributed by atoms with van der Waals surface area (Å²) >= 11 is 1.73. The summed E-state index contributed by atoms with van der Waals surface area (Å²) in [6.07, 6.45) is 2.07. The molecule has 0 bridgehead atoms. The molecule has 0 aliphatic rings. The van der Waals surface area contributed by atoms with Crippen LogP contribution < -0.4 is 5.32 Å². The Morgan fingerprint density at radius 1 is 1.14 bits per heavy atom. The lowest BCUT2D eigenvalue weighted by Gasteiger charge is -2.06. The molecule has 0 aliphatic carbocycles. The highest BCUT2D eigenvalue weighted by molar-refractivity contribution is 7.99. The zero-order valence-corrected chi connectivity index (χ0v) is 13.4. The lowest BCUT2D eigenvalue weighted by molar-refractivity contribution is 0.764. The molecule has 2 aromatic heterocycles. The number of aromatic nitrogens is 2. The van der Waals surface area contributed by atoms with Crippen LogP contribution in [-0.2, 0) is 6.54 Å². The summed E-state index contributed by atoms with van der Waals surface area (Å²) in [5.74, 6) is 0. The first kappa shape index (κ1) is 14.2. The van der Waals surface area contributed by atoms with E-state index in [9.17, 15) is 0 Å². The fourth-order valence-corrected chi connectivity index (χ4v) is 3.35. The smallest absolute Gasteiger partial charge is 0.138 e. The monoisotopic (exact) mass is 297 g/mol. The van der Waals surface area contributed by atoms with Crippen LogP contribution in [0.3, 0.4) is 0 Å². The minimum Gasteiger partial charge on any atom is -0.314 e. The minimum absolute atomic E-state index is 0.804. The second kappa shape index (κ2) is 5.92. The maximum Gasteiger partial charge on any atom is 0.138 e. The van der Waals surface area contributed by atoms with Crippen LogP contribution in [-0.4, -0.2) is 16.4 Å². The molecule has 3 nitrogen and oxygen atoms in total. The molecule has 0 unspecified atom stereocenters. The number of benzene rings is 1. The Hall–Kier alpha value is -1.78. The maximum atomic E-state index is 4.76. The van der Waals surface area contributed by atoms with Crippen molar-refractivity contribution < 1.29 is 0 Å². The first-order chi connectivity index (χ1) is 10.2. The highest BCUT2D eigenvalue weighted by atomic mass is 32.2. The van der Waals surface area contributed by atoms with Crippen molar-refractivity contribution in [1.29, 1.82) is 0 Å². The number of nitrogens with zero attached hydrogens (tertiary/aromatic N) is 2. The van der Waals surface area contributed by atoms with Crippen molar-refractivity contribution >= 4 is 17.4 Å². The summed E-state index contributed by atoms with van der Waals surface area (Å²) < 4.78 is 2.15. The third-order valence-corrected chi connectivity index (χ3v) is 4.64. The minimum atomic E-state index is 0.804. The number of imidazole rings is 1. The van der Waals surface area contributed by atoms with Crippen molar-refractivity contribution in [3.05, 3.63) is 59.4 Å². The van der Waals surface area contributed by atoms with Gasteiger partial charge in [-0.3, -0.25) is 0 Å². The molecule has 3 aromatic rings. The van der Waals surface area contributed by atoms with Gasteiger partial charge in [-0.25, -0.2) is 4.98 Å². The quantitative estimate of drug-likeness (QED) is 0.794. The molecule has 108 valence electrons. The number of pyridine rings is 1. The van der Waals surface area contributed by atoms with E-state index >= 15 is 0 Å². The summed E-state index contributed by atoms with van der Waals surface area (Å²) in [4.78, 5) is 6.00. The fourth-order valence-electron chi connectivity index (χ4n) is 2.32. The Morgan fingerprint density at radius 2 is 2.00 bits per heavy atom. The van der Waals surface area contributed by atoms with Gasteiger partial charge < -0.3 is 9.72 Å². The molecule has 1 N–H and O–H groups in total. The normalized spacial score (nSPS) is 11.2. The Balaban J connectivity index is 2.02. The molecule has 0 spiro atoms. The molecule has 0 saturated carbocycles.